The van der Waals surface area contributed by atoms with Crippen molar-refractivity contribution in [3.63, 3.8) is 0 Å². The van der Waals surface area contributed by atoms with Crippen LogP contribution in [-0.2, 0) is 0 Å². The van der Waals surface area contributed by atoms with Gasteiger partial charge in [-0.05, 0) is 117 Å². The number of hydrogen-bond acceptors (Lipinski definition) is 6. The van der Waals surface area contributed by atoms with E-state index in [-0.39, 0.29) is 0 Å². The van der Waals surface area contributed by atoms with Crippen molar-refractivity contribution in [1.29, 1.82) is 0 Å². The molecule has 6 nitrogen and oxygen atoms in total. The van der Waals surface area contributed by atoms with Crippen molar-refractivity contribution >= 4 is 28.1 Å². The summed E-state index contributed by atoms with van der Waals surface area (Å²) >= 11 is 0. The highest BCUT2D eigenvalue weighted by Crippen LogP contribution is 2.41. The smallest absolute Gasteiger partial charge is 0.248 e. The molecule has 2 heterocycles. The van der Waals surface area contributed by atoms with Gasteiger partial charge in [0.25, 0.3) is 0 Å². The lowest BCUT2D eigenvalue weighted by Gasteiger charge is -2.25. The van der Waals surface area contributed by atoms with Crippen LogP contribution in [0, 0.1) is 0 Å². The zero-order valence-corrected chi connectivity index (χ0v) is 38.0. The number of benzene rings is 10. The molecule has 12 aromatic rings. The molecule has 0 aliphatic carbocycles. The van der Waals surface area contributed by atoms with Gasteiger partial charge in [-0.15, -0.1) is 10.2 Å². The van der Waals surface area contributed by atoms with E-state index in [1.807, 2.05) is 54.6 Å². The summed E-state index contributed by atoms with van der Waals surface area (Å²) < 4.78 is 6.09. The number of anilines is 3. The number of nitrogens with zero attached hydrogens (tertiary/aromatic N) is 5. The van der Waals surface area contributed by atoms with Crippen LogP contribution in [0.3, 0.4) is 0 Å². The van der Waals surface area contributed by atoms with Crippen LogP contribution in [0.5, 0.6) is 0 Å². The second kappa shape index (κ2) is 18.6. The summed E-state index contributed by atoms with van der Waals surface area (Å²) in [6, 6.07) is 90.5. The van der Waals surface area contributed by atoms with Crippen molar-refractivity contribution in [2.45, 2.75) is 0 Å². The lowest BCUT2D eigenvalue weighted by molar-refractivity contribution is 0.584. The Balaban J connectivity index is 0.945. The highest BCUT2D eigenvalue weighted by atomic mass is 16.4. The van der Waals surface area contributed by atoms with E-state index in [2.05, 4.69) is 221 Å². The molecule has 70 heavy (non-hydrogen) atoms. The van der Waals surface area contributed by atoms with Gasteiger partial charge in [0.05, 0.1) is 22.4 Å². The lowest BCUT2D eigenvalue weighted by Crippen LogP contribution is -2.09. The fourth-order valence-corrected chi connectivity index (χ4v) is 9.11. The van der Waals surface area contributed by atoms with Crippen LogP contribution in [0.4, 0.5) is 17.1 Å². The Morgan fingerprint density at radius 1 is 0.257 bits per heavy atom. The Labute approximate surface area is 406 Å². The minimum absolute atomic E-state index is 0.466. The predicted molar refractivity (Wildman–Crippen MR) is 286 cm³/mol. The Morgan fingerprint density at radius 3 is 0.971 bits per heavy atom. The summed E-state index contributed by atoms with van der Waals surface area (Å²) in [5.41, 5.74) is 19.0. The second-order valence-electron chi connectivity index (χ2n) is 17.1. The van der Waals surface area contributed by atoms with Gasteiger partial charge in [0, 0.05) is 39.3 Å². The molecule has 0 amide bonds. The Hall–Kier alpha value is -9.52. The van der Waals surface area contributed by atoms with Crippen LogP contribution in [0.25, 0.3) is 101 Å². The predicted octanol–water partition coefficient (Wildman–Crippen LogP) is 16.8. The van der Waals surface area contributed by atoms with E-state index in [4.69, 9.17) is 14.4 Å². The molecule has 330 valence electrons. The van der Waals surface area contributed by atoms with Gasteiger partial charge >= 0.3 is 0 Å². The number of fused-ring (bicyclic) bond motifs is 1. The molecule has 0 fully saturated rings. The normalized spacial score (nSPS) is 11.1. The molecule has 0 atom stereocenters. The van der Waals surface area contributed by atoms with Gasteiger partial charge in [-0.1, -0.05) is 188 Å². The van der Waals surface area contributed by atoms with Gasteiger partial charge in [0.2, 0.25) is 11.8 Å². The van der Waals surface area contributed by atoms with Crippen molar-refractivity contribution in [3.05, 3.63) is 261 Å². The molecule has 0 aliphatic heterocycles. The Bertz CT molecular complexity index is 3700. The third-order valence-corrected chi connectivity index (χ3v) is 12.7. The van der Waals surface area contributed by atoms with Gasteiger partial charge in [-0.3, -0.25) is 0 Å². The Kier molecular flexibility index (Phi) is 11.1. The van der Waals surface area contributed by atoms with Gasteiger partial charge in [0.1, 0.15) is 0 Å². The number of hydrogen-bond donors (Lipinski definition) is 0. The van der Waals surface area contributed by atoms with Gasteiger partial charge < -0.3 is 9.32 Å². The van der Waals surface area contributed by atoms with Crippen molar-refractivity contribution < 1.29 is 4.42 Å². The van der Waals surface area contributed by atoms with Crippen molar-refractivity contribution in [2.24, 2.45) is 0 Å². The topological polar surface area (TPSA) is 67.9 Å². The molecule has 6 heteroatoms. The highest BCUT2D eigenvalue weighted by Gasteiger charge is 2.20. The number of rotatable bonds is 11. The standard InChI is InChI=1S/C64H43N5O/c1-6-16-44(17-7-1)46-26-30-48(31-27-46)57-42-59-60(43-58(57)49-32-28-47(29-33-49)45-18-8-2-9-19-45)66-62(61(65-59)50-20-10-3-11-21-50)51-34-38-55(39-35-51)69(54-24-14-5-15-25-54)56-40-36-53(37-41-56)64-68-67-63(70-64)52-22-12-4-13-23-52/h1-43H. The van der Waals surface area contributed by atoms with E-state index < -0.39 is 0 Å². The molecule has 0 spiro atoms. The van der Waals surface area contributed by atoms with Crippen molar-refractivity contribution in [2.75, 3.05) is 4.90 Å². The van der Waals surface area contributed by atoms with Crippen LogP contribution in [0.15, 0.2) is 265 Å². The van der Waals surface area contributed by atoms with Crippen molar-refractivity contribution in [3.8, 4) is 89.9 Å². The molecule has 0 saturated heterocycles. The summed E-state index contributed by atoms with van der Waals surface area (Å²) in [5, 5.41) is 8.68. The molecular weight excluding hydrogens is 855 g/mol. The second-order valence-corrected chi connectivity index (χ2v) is 17.1. The quantitative estimate of drug-likeness (QED) is 0.129. The molecule has 0 saturated carbocycles. The van der Waals surface area contributed by atoms with E-state index in [1.54, 1.807) is 0 Å². The van der Waals surface area contributed by atoms with Gasteiger partial charge in [-0.25, -0.2) is 9.97 Å². The zero-order valence-electron chi connectivity index (χ0n) is 38.0. The van der Waals surface area contributed by atoms with E-state index in [0.717, 1.165) is 84.0 Å². The third kappa shape index (κ3) is 8.42. The summed E-state index contributed by atoms with van der Waals surface area (Å²) in [6.45, 7) is 0. The molecule has 0 unspecified atom stereocenters. The van der Waals surface area contributed by atoms with E-state index in [0.29, 0.717) is 11.8 Å². The van der Waals surface area contributed by atoms with Crippen LogP contribution >= 0.6 is 0 Å². The first kappa shape index (κ1) is 41.9. The van der Waals surface area contributed by atoms with Crippen LogP contribution in [-0.4, -0.2) is 20.2 Å². The summed E-state index contributed by atoms with van der Waals surface area (Å²) in [5.74, 6) is 0.953. The zero-order chi connectivity index (χ0) is 46.6. The average Bonchev–Trinajstić information content (AvgIpc) is 3.95. The maximum atomic E-state index is 6.09. The average molecular weight is 898 g/mol. The van der Waals surface area contributed by atoms with Crippen LogP contribution < -0.4 is 4.90 Å². The molecule has 0 bridgehead atoms. The van der Waals surface area contributed by atoms with Gasteiger partial charge in [-0.2, -0.15) is 0 Å². The van der Waals surface area contributed by atoms with Crippen molar-refractivity contribution in [1.82, 2.24) is 20.2 Å². The first-order valence-corrected chi connectivity index (χ1v) is 23.4. The minimum atomic E-state index is 0.466. The molecule has 2 aromatic heterocycles. The molecule has 0 N–H and O–H groups in total. The van der Waals surface area contributed by atoms with Gasteiger partial charge in [0.15, 0.2) is 0 Å². The molecule has 10 aromatic carbocycles. The summed E-state index contributed by atoms with van der Waals surface area (Å²) in [6.07, 6.45) is 0. The summed E-state index contributed by atoms with van der Waals surface area (Å²) in [4.78, 5) is 13.2. The first-order chi connectivity index (χ1) is 34.7. The Morgan fingerprint density at radius 2 is 0.543 bits per heavy atom. The fourth-order valence-electron chi connectivity index (χ4n) is 9.11. The minimum Gasteiger partial charge on any atom is -0.416 e. The molecule has 12 rings (SSSR count). The maximum absolute atomic E-state index is 6.09. The molecule has 0 radical (unpaired) electrons. The lowest BCUT2D eigenvalue weighted by atomic mass is 9.91. The number of aromatic nitrogens is 4. The van der Waals surface area contributed by atoms with E-state index >= 15 is 0 Å². The molecule has 0 aliphatic rings. The number of para-hydroxylation sites is 1. The SMILES string of the molecule is c1ccc(-c2ccc(-c3cc4nc(-c5ccccc5)c(-c5ccc(N(c6ccccc6)c6ccc(-c7nnc(-c8ccccc8)o7)cc6)cc5)nc4cc3-c3ccc(-c4ccccc4)cc3)cc2)cc1. The van der Waals surface area contributed by atoms with Crippen LogP contribution in [0.1, 0.15) is 0 Å². The fraction of sp³-hybridized carbons (Fsp3) is 0. The first-order valence-electron chi connectivity index (χ1n) is 23.4. The molecular formula is C64H43N5O. The van der Waals surface area contributed by atoms with Crippen LogP contribution in [0.2, 0.25) is 0 Å². The van der Waals surface area contributed by atoms with E-state index in [1.165, 1.54) is 22.3 Å². The largest absolute Gasteiger partial charge is 0.416 e. The highest BCUT2D eigenvalue weighted by molar-refractivity contribution is 5.96. The van der Waals surface area contributed by atoms with E-state index in [9.17, 15) is 0 Å². The third-order valence-electron chi connectivity index (χ3n) is 12.7. The monoisotopic (exact) mass is 897 g/mol. The maximum Gasteiger partial charge on any atom is 0.248 e. The summed E-state index contributed by atoms with van der Waals surface area (Å²) in [7, 11) is 0.